The average Bonchev–Trinajstić information content (AvgIpc) is 3.49. The van der Waals surface area contributed by atoms with Crippen LogP contribution in [0.15, 0.2) is 158 Å². The van der Waals surface area contributed by atoms with Gasteiger partial charge in [-0.1, -0.05) is 301 Å². The molecule has 0 saturated heterocycles. The van der Waals surface area contributed by atoms with Crippen molar-refractivity contribution in [3.63, 3.8) is 0 Å². The number of carbonyl (C=O) groups excluding carboxylic acids is 3. The number of rotatable bonds is 60. The van der Waals surface area contributed by atoms with Crippen LogP contribution in [0.5, 0.6) is 0 Å². The first kappa shape index (κ1) is 78.0. The third-order valence-electron chi connectivity index (χ3n) is 14.0. The van der Waals surface area contributed by atoms with Gasteiger partial charge in [0.15, 0.2) is 6.10 Å². The lowest BCUT2D eigenvalue weighted by atomic mass is 10.0. The van der Waals surface area contributed by atoms with E-state index in [1.54, 1.807) is 0 Å². The molecule has 0 amide bonds. The van der Waals surface area contributed by atoms with Crippen molar-refractivity contribution in [2.24, 2.45) is 0 Å². The van der Waals surface area contributed by atoms with Crippen LogP contribution in [0.4, 0.5) is 0 Å². The SMILES string of the molecule is CC/C=C\C/C=C\C/C=C\C/C=C\C/C=C\C/C=C\C/C=C\C/C=C\CCCCCCCCC(=O)OCC(COC(=O)CCCCCCC)OC(=O)CCCCCCCCCCCCCCC/C=C\C/C=C\C/C=C\C/C=C\C/C=C\CC. The third kappa shape index (κ3) is 67.7. The number of esters is 3. The van der Waals surface area contributed by atoms with Crippen LogP contribution in [0.1, 0.15) is 290 Å². The lowest BCUT2D eigenvalue weighted by molar-refractivity contribution is -0.167. The van der Waals surface area contributed by atoms with Crippen LogP contribution in [-0.2, 0) is 28.6 Å². The van der Waals surface area contributed by atoms with E-state index in [9.17, 15) is 14.4 Å². The molecule has 6 heteroatoms. The van der Waals surface area contributed by atoms with Gasteiger partial charge in [0, 0.05) is 19.3 Å². The molecule has 468 valence electrons. The Labute approximate surface area is 511 Å². The molecule has 0 rings (SSSR count). The number of hydrogen-bond acceptors (Lipinski definition) is 6. The Kier molecular flexibility index (Phi) is 65.4. The molecule has 0 N–H and O–H groups in total. The number of allylic oxidation sites excluding steroid dienone is 26. The van der Waals surface area contributed by atoms with Crippen molar-refractivity contribution in [2.45, 2.75) is 297 Å². The zero-order valence-corrected chi connectivity index (χ0v) is 53.7. The smallest absolute Gasteiger partial charge is 0.306 e. The summed E-state index contributed by atoms with van der Waals surface area (Å²) in [4.78, 5) is 38.0. The van der Waals surface area contributed by atoms with Gasteiger partial charge in [-0.3, -0.25) is 14.4 Å². The van der Waals surface area contributed by atoms with Gasteiger partial charge in [0.05, 0.1) is 0 Å². The fourth-order valence-electron chi connectivity index (χ4n) is 9.01. The topological polar surface area (TPSA) is 78.9 Å². The quantitative estimate of drug-likeness (QED) is 0.0261. The number of hydrogen-bond donors (Lipinski definition) is 0. The van der Waals surface area contributed by atoms with Gasteiger partial charge in [-0.2, -0.15) is 0 Å². The maximum atomic E-state index is 12.9. The standard InChI is InChI=1S/C77H124O6/c1-4-7-10-13-15-17-19-21-23-25-27-29-31-33-35-37-38-40-41-43-45-47-49-51-53-55-57-59-61-64-67-70-76(79)82-73-74(72-81-75(78)69-66-63-12-9-6-3)83-77(80)71-68-65-62-60-58-56-54-52-50-48-46-44-42-39-36-34-32-30-28-26-24-22-20-18-16-14-11-8-5-2/h7-8,10-11,15-18,21-24,27-30,33-36,38,40,43,45,49,51,74H,4-6,9,12-14,19-20,25-26,31-32,37,39,41-42,44,46-48,50,52-73H2,1-3H3/b10-7-,11-8-,17-15-,18-16-,23-21-,24-22-,29-27-,30-28-,35-33-,36-34-,40-38-,45-43-,51-49-. The van der Waals surface area contributed by atoms with Crippen LogP contribution in [0, 0.1) is 0 Å². The summed E-state index contributed by atoms with van der Waals surface area (Å²) in [6, 6.07) is 0. The van der Waals surface area contributed by atoms with Gasteiger partial charge in [-0.25, -0.2) is 0 Å². The minimum atomic E-state index is -0.788. The number of ether oxygens (including phenoxy) is 3. The van der Waals surface area contributed by atoms with Crippen LogP contribution in [0.2, 0.25) is 0 Å². The van der Waals surface area contributed by atoms with Crippen molar-refractivity contribution in [3.05, 3.63) is 158 Å². The van der Waals surface area contributed by atoms with Gasteiger partial charge in [0.25, 0.3) is 0 Å². The highest BCUT2D eigenvalue weighted by atomic mass is 16.6. The average molecular weight is 1150 g/mol. The van der Waals surface area contributed by atoms with Crippen LogP contribution in [0.3, 0.4) is 0 Å². The number of unbranched alkanes of at least 4 members (excludes halogenated alkanes) is 23. The molecule has 0 saturated carbocycles. The van der Waals surface area contributed by atoms with E-state index in [2.05, 4.69) is 179 Å². The molecule has 0 fully saturated rings. The van der Waals surface area contributed by atoms with Gasteiger partial charge in [-0.15, -0.1) is 0 Å². The predicted molar refractivity (Wildman–Crippen MR) is 362 cm³/mol. The fourth-order valence-corrected chi connectivity index (χ4v) is 9.01. The molecule has 1 unspecified atom stereocenters. The lowest BCUT2D eigenvalue weighted by Crippen LogP contribution is -2.30. The van der Waals surface area contributed by atoms with Crippen LogP contribution >= 0.6 is 0 Å². The molecule has 0 radical (unpaired) electrons. The third-order valence-corrected chi connectivity index (χ3v) is 14.0. The summed E-state index contributed by atoms with van der Waals surface area (Å²) < 4.78 is 16.8. The Bertz CT molecular complexity index is 1840. The molecule has 0 aliphatic heterocycles. The summed E-state index contributed by atoms with van der Waals surface area (Å²) in [6.07, 6.45) is 102. The van der Waals surface area contributed by atoms with Crippen LogP contribution in [-0.4, -0.2) is 37.2 Å². The Morgan fingerprint density at radius 3 is 0.735 bits per heavy atom. The van der Waals surface area contributed by atoms with E-state index in [-0.39, 0.29) is 31.1 Å². The first-order valence-electron chi connectivity index (χ1n) is 34.0. The molecule has 0 heterocycles. The van der Waals surface area contributed by atoms with Crippen molar-refractivity contribution in [1.82, 2.24) is 0 Å². The zero-order chi connectivity index (χ0) is 59.9. The van der Waals surface area contributed by atoms with E-state index in [0.717, 1.165) is 167 Å². The largest absolute Gasteiger partial charge is 0.462 e. The predicted octanol–water partition coefficient (Wildman–Crippen LogP) is 23.7. The first-order valence-corrected chi connectivity index (χ1v) is 34.0. The Hall–Kier alpha value is -4.97. The van der Waals surface area contributed by atoms with Gasteiger partial charge < -0.3 is 14.2 Å². The lowest BCUT2D eigenvalue weighted by Gasteiger charge is -2.18. The second-order valence-corrected chi connectivity index (χ2v) is 22.0. The monoisotopic (exact) mass is 1140 g/mol. The molecular formula is C77H124O6. The van der Waals surface area contributed by atoms with E-state index in [1.807, 2.05) is 0 Å². The van der Waals surface area contributed by atoms with Crippen molar-refractivity contribution >= 4 is 17.9 Å². The van der Waals surface area contributed by atoms with E-state index >= 15 is 0 Å². The van der Waals surface area contributed by atoms with Crippen LogP contribution in [0.25, 0.3) is 0 Å². The molecule has 0 aromatic heterocycles. The maximum absolute atomic E-state index is 12.9. The molecule has 0 aromatic carbocycles. The zero-order valence-electron chi connectivity index (χ0n) is 53.7. The maximum Gasteiger partial charge on any atom is 0.306 e. The molecule has 0 aliphatic rings. The highest BCUT2D eigenvalue weighted by molar-refractivity contribution is 5.71. The van der Waals surface area contributed by atoms with E-state index in [0.29, 0.717) is 19.3 Å². The minimum absolute atomic E-state index is 0.0877. The second-order valence-electron chi connectivity index (χ2n) is 22.0. The highest BCUT2D eigenvalue weighted by Crippen LogP contribution is 2.16. The summed E-state index contributed by atoms with van der Waals surface area (Å²) in [7, 11) is 0. The van der Waals surface area contributed by atoms with Gasteiger partial charge in [0.2, 0.25) is 0 Å². The summed E-state index contributed by atoms with van der Waals surface area (Å²) in [5, 5.41) is 0. The van der Waals surface area contributed by atoms with Crippen molar-refractivity contribution in [2.75, 3.05) is 13.2 Å². The fraction of sp³-hybridized carbons (Fsp3) is 0.623. The second kappa shape index (κ2) is 69.5. The first-order chi connectivity index (χ1) is 41.0. The Morgan fingerprint density at radius 2 is 0.470 bits per heavy atom. The van der Waals surface area contributed by atoms with Crippen molar-refractivity contribution in [1.29, 1.82) is 0 Å². The van der Waals surface area contributed by atoms with E-state index < -0.39 is 6.10 Å². The van der Waals surface area contributed by atoms with Crippen molar-refractivity contribution in [3.8, 4) is 0 Å². The normalized spacial score (nSPS) is 13.1. The van der Waals surface area contributed by atoms with Gasteiger partial charge in [0.1, 0.15) is 13.2 Å². The molecule has 1 atom stereocenters. The Morgan fingerprint density at radius 1 is 0.253 bits per heavy atom. The highest BCUT2D eigenvalue weighted by Gasteiger charge is 2.19. The minimum Gasteiger partial charge on any atom is -0.462 e. The molecule has 6 nitrogen and oxygen atoms in total. The molecule has 0 spiro atoms. The Balaban J connectivity index is 4.09. The summed E-state index contributed by atoms with van der Waals surface area (Å²) >= 11 is 0. The number of carbonyl (C=O) groups is 3. The summed E-state index contributed by atoms with van der Waals surface area (Å²) in [5.41, 5.74) is 0. The van der Waals surface area contributed by atoms with Crippen molar-refractivity contribution < 1.29 is 28.6 Å². The van der Waals surface area contributed by atoms with E-state index in [4.69, 9.17) is 14.2 Å². The summed E-state index contributed by atoms with van der Waals surface area (Å²) in [6.45, 7) is 6.32. The van der Waals surface area contributed by atoms with Gasteiger partial charge >= 0.3 is 17.9 Å². The molecule has 0 aromatic rings. The van der Waals surface area contributed by atoms with Crippen LogP contribution < -0.4 is 0 Å². The summed E-state index contributed by atoms with van der Waals surface area (Å²) in [5.74, 6) is -0.918. The molecule has 0 aliphatic carbocycles. The molecule has 0 bridgehead atoms. The molecular weight excluding hydrogens is 1020 g/mol. The molecule has 83 heavy (non-hydrogen) atoms. The van der Waals surface area contributed by atoms with E-state index in [1.165, 1.54) is 83.5 Å². The van der Waals surface area contributed by atoms with Gasteiger partial charge in [-0.05, 0) is 128 Å².